The van der Waals surface area contributed by atoms with Crippen molar-refractivity contribution in [3.05, 3.63) is 231 Å². The van der Waals surface area contributed by atoms with E-state index in [0.717, 1.165) is 5.69 Å². The summed E-state index contributed by atoms with van der Waals surface area (Å²) in [7, 11) is 0. The van der Waals surface area contributed by atoms with Crippen LogP contribution in [-0.2, 0) is 0 Å². The molecule has 2 aromatic heterocycles. The summed E-state index contributed by atoms with van der Waals surface area (Å²) < 4.78 is 4.82. The maximum atomic E-state index is 2.44. The normalized spacial score (nSPS) is 12.1. The zero-order chi connectivity index (χ0) is 41.9. The van der Waals surface area contributed by atoms with E-state index in [0.29, 0.717) is 0 Å². The van der Waals surface area contributed by atoms with E-state index in [4.69, 9.17) is 0 Å². The molecule has 14 aromatic rings. The average molecular weight is 811 g/mol. The number of rotatable bonds is 4. The Balaban J connectivity index is 0.872. The number of hydrogen-bond donors (Lipinski definition) is 0. The SMILES string of the molecule is c1ccc(-n2c3ccccc3c3cc(-c4ccc5c(c4)c4ccccc4n5-c4ccc5c(ccc6cc(-c7cc8ccc9ccccc9c8c8ccccc78)ccc65)c4)ccc32)cc1. The second kappa shape index (κ2) is 13.5. The van der Waals surface area contributed by atoms with Gasteiger partial charge in [-0.05, 0) is 149 Å². The van der Waals surface area contributed by atoms with E-state index in [1.165, 1.54) is 125 Å². The van der Waals surface area contributed by atoms with Gasteiger partial charge in [0.1, 0.15) is 0 Å². The monoisotopic (exact) mass is 810 g/mol. The van der Waals surface area contributed by atoms with Gasteiger partial charge in [0.25, 0.3) is 0 Å². The minimum absolute atomic E-state index is 1.16. The average Bonchev–Trinajstić information content (AvgIpc) is 3.88. The van der Waals surface area contributed by atoms with Gasteiger partial charge in [0.2, 0.25) is 0 Å². The second-order valence-electron chi connectivity index (χ2n) is 17.3. The summed E-state index contributed by atoms with van der Waals surface area (Å²) in [4.78, 5) is 0. The molecule has 0 aliphatic carbocycles. The predicted octanol–water partition coefficient (Wildman–Crippen LogP) is 17.0. The molecule has 0 bridgehead atoms. The third kappa shape index (κ3) is 5.14. The van der Waals surface area contributed by atoms with Crippen molar-refractivity contribution in [2.24, 2.45) is 0 Å². The first-order valence-electron chi connectivity index (χ1n) is 22.2. The van der Waals surface area contributed by atoms with Gasteiger partial charge in [-0.25, -0.2) is 0 Å². The van der Waals surface area contributed by atoms with Gasteiger partial charge in [0.15, 0.2) is 0 Å². The van der Waals surface area contributed by atoms with Crippen LogP contribution in [0.1, 0.15) is 0 Å². The lowest BCUT2D eigenvalue weighted by Gasteiger charge is -2.14. The molecule has 12 aromatic carbocycles. The first-order valence-corrected chi connectivity index (χ1v) is 22.2. The van der Waals surface area contributed by atoms with Gasteiger partial charge >= 0.3 is 0 Å². The molecule has 0 spiro atoms. The summed E-state index contributed by atoms with van der Waals surface area (Å²) in [5, 5.41) is 17.8. The maximum Gasteiger partial charge on any atom is 0.0541 e. The van der Waals surface area contributed by atoms with Gasteiger partial charge in [-0.1, -0.05) is 158 Å². The number of fused-ring (bicyclic) bond motifs is 14. The largest absolute Gasteiger partial charge is 0.309 e. The van der Waals surface area contributed by atoms with Crippen molar-refractivity contribution < 1.29 is 0 Å². The van der Waals surface area contributed by atoms with Crippen LogP contribution in [0, 0.1) is 0 Å². The zero-order valence-electron chi connectivity index (χ0n) is 34.8. The number of nitrogens with zero attached hydrogens (tertiary/aromatic N) is 2. The van der Waals surface area contributed by atoms with Gasteiger partial charge in [-0.2, -0.15) is 0 Å². The Morgan fingerprint density at radius 1 is 0.219 bits per heavy atom. The molecule has 2 heteroatoms. The molecule has 0 amide bonds. The Morgan fingerprint density at radius 2 is 0.719 bits per heavy atom. The van der Waals surface area contributed by atoms with Crippen LogP contribution < -0.4 is 0 Å². The summed E-state index contributed by atoms with van der Waals surface area (Å²) in [5.41, 5.74) is 12.1. The maximum absolute atomic E-state index is 2.44. The van der Waals surface area contributed by atoms with Crippen LogP contribution in [-0.4, -0.2) is 9.13 Å². The standard InChI is InChI=1S/C62H38N2/c1-2-13-46(14-3-1)63-58-20-10-8-17-52(58)56-36-40(27-32-60(56)63)41-28-33-61-57(37-41)53-18-9-11-21-59(53)64(61)47-29-31-49-44(35-47)24-23-42-34-43(26-30-48(42)49)55-38-45-25-22-39-12-4-5-15-50(39)62(45)54-19-7-6-16-51(54)55/h1-38H. The van der Waals surface area contributed by atoms with E-state index >= 15 is 0 Å². The van der Waals surface area contributed by atoms with Gasteiger partial charge < -0.3 is 9.13 Å². The highest BCUT2D eigenvalue weighted by atomic mass is 15.0. The molecular formula is C62H38N2. The van der Waals surface area contributed by atoms with Crippen LogP contribution in [0.2, 0.25) is 0 Å². The fraction of sp³-hybridized carbons (Fsp3) is 0. The fourth-order valence-electron chi connectivity index (χ4n) is 10.9. The first-order chi connectivity index (χ1) is 31.7. The molecule has 0 saturated heterocycles. The third-order valence-corrected chi connectivity index (χ3v) is 13.8. The lowest BCUT2D eigenvalue weighted by Crippen LogP contribution is -1.94. The third-order valence-electron chi connectivity index (χ3n) is 13.8. The van der Waals surface area contributed by atoms with Crippen molar-refractivity contribution >= 4 is 97.5 Å². The Kier molecular flexibility index (Phi) is 7.43. The number of benzene rings is 12. The Labute approximate surface area is 369 Å². The molecular weight excluding hydrogens is 773 g/mol. The Bertz CT molecular complexity index is 4240. The molecule has 2 heterocycles. The van der Waals surface area contributed by atoms with E-state index in [-0.39, 0.29) is 0 Å². The van der Waals surface area contributed by atoms with Crippen LogP contribution in [0.3, 0.4) is 0 Å². The van der Waals surface area contributed by atoms with E-state index in [2.05, 4.69) is 240 Å². The van der Waals surface area contributed by atoms with Crippen molar-refractivity contribution in [3.8, 4) is 33.6 Å². The second-order valence-corrected chi connectivity index (χ2v) is 17.3. The lowest BCUT2D eigenvalue weighted by atomic mass is 9.90. The molecule has 0 fully saturated rings. The lowest BCUT2D eigenvalue weighted by molar-refractivity contribution is 1.18. The van der Waals surface area contributed by atoms with Gasteiger partial charge in [0, 0.05) is 32.9 Å². The van der Waals surface area contributed by atoms with E-state index in [1.54, 1.807) is 0 Å². The van der Waals surface area contributed by atoms with Crippen LogP contribution in [0.5, 0.6) is 0 Å². The summed E-state index contributed by atoms with van der Waals surface area (Å²) in [6.07, 6.45) is 0. The quantitative estimate of drug-likeness (QED) is 0.157. The molecule has 296 valence electrons. The molecule has 0 N–H and O–H groups in total. The molecule has 64 heavy (non-hydrogen) atoms. The molecule has 0 unspecified atom stereocenters. The van der Waals surface area contributed by atoms with Crippen LogP contribution in [0.4, 0.5) is 0 Å². The Morgan fingerprint density at radius 3 is 1.42 bits per heavy atom. The molecule has 0 atom stereocenters. The highest BCUT2D eigenvalue weighted by Crippen LogP contribution is 2.42. The summed E-state index contributed by atoms with van der Waals surface area (Å²) in [5.74, 6) is 0. The molecule has 14 rings (SSSR count). The molecule has 0 saturated carbocycles. The Hall–Kier alpha value is -8.46. The van der Waals surface area contributed by atoms with Crippen LogP contribution in [0.15, 0.2) is 231 Å². The molecule has 0 aliphatic heterocycles. The van der Waals surface area contributed by atoms with Crippen LogP contribution >= 0.6 is 0 Å². The van der Waals surface area contributed by atoms with Crippen molar-refractivity contribution in [3.63, 3.8) is 0 Å². The highest BCUT2D eigenvalue weighted by molar-refractivity contribution is 6.24. The minimum atomic E-state index is 1.16. The number of para-hydroxylation sites is 3. The van der Waals surface area contributed by atoms with Gasteiger partial charge in [-0.15, -0.1) is 0 Å². The van der Waals surface area contributed by atoms with Gasteiger partial charge in [-0.3, -0.25) is 0 Å². The minimum Gasteiger partial charge on any atom is -0.309 e. The number of hydrogen-bond acceptors (Lipinski definition) is 0. The first kappa shape index (κ1) is 35.2. The van der Waals surface area contributed by atoms with E-state index in [9.17, 15) is 0 Å². The predicted molar refractivity (Wildman–Crippen MR) is 274 cm³/mol. The smallest absolute Gasteiger partial charge is 0.0541 e. The molecule has 0 radical (unpaired) electrons. The van der Waals surface area contributed by atoms with Crippen molar-refractivity contribution in [1.82, 2.24) is 9.13 Å². The van der Waals surface area contributed by atoms with E-state index in [1.807, 2.05) is 0 Å². The highest BCUT2D eigenvalue weighted by Gasteiger charge is 2.17. The van der Waals surface area contributed by atoms with Crippen molar-refractivity contribution in [2.45, 2.75) is 0 Å². The zero-order valence-corrected chi connectivity index (χ0v) is 34.8. The topological polar surface area (TPSA) is 9.86 Å². The van der Waals surface area contributed by atoms with Crippen LogP contribution in [0.25, 0.3) is 131 Å². The number of aromatic nitrogens is 2. The van der Waals surface area contributed by atoms with Gasteiger partial charge in [0.05, 0.1) is 22.1 Å². The van der Waals surface area contributed by atoms with E-state index < -0.39 is 0 Å². The summed E-state index contributed by atoms with van der Waals surface area (Å²) in [6, 6.07) is 85.3. The summed E-state index contributed by atoms with van der Waals surface area (Å²) in [6.45, 7) is 0. The fourth-order valence-corrected chi connectivity index (χ4v) is 10.9. The summed E-state index contributed by atoms with van der Waals surface area (Å²) >= 11 is 0. The molecule has 2 nitrogen and oxygen atoms in total. The van der Waals surface area contributed by atoms with Crippen molar-refractivity contribution in [2.75, 3.05) is 0 Å². The molecule has 0 aliphatic rings. The van der Waals surface area contributed by atoms with Crippen molar-refractivity contribution in [1.29, 1.82) is 0 Å².